The lowest BCUT2D eigenvalue weighted by molar-refractivity contribution is 0.669. The Labute approximate surface area is 301 Å². The Morgan fingerprint density at radius 1 is 0.442 bits per heavy atom. The average molecular weight is 680 g/mol. The number of furan rings is 1. The van der Waals surface area contributed by atoms with Gasteiger partial charge in [-0.3, -0.25) is 0 Å². The van der Waals surface area contributed by atoms with Crippen molar-refractivity contribution < 1.29 is 4.42 Å². The quantitative estimate of drug-likeness (QED) is 0.174. The number of thiophene rings is 1. The van der Waals surface area contributed by atoms with E-state index in [0.29, 0.717) is 11.4 Å². The molecule has 0 saturated heterocycles. The minimum Gasteiger partial charge on any atom is -0.456 e. The first kappa shape index (κ1) is 28.9. The van der Waals surface area contributed by atoms with Gasteiger partial charge in [-0.25, -0.2) is 9.97 Å². The highest BCUT2D eigenvalue weighted by atomic mass is 32.1. The summed E-state index contributed by atoms with van der Waals surface area (Å²) in [4.78, 5) is 10.3. The first-order chi connectivity index (χ1) is 25.7. The molecule has 0 N–H and O–H groups in total. The van der Waals surface area contributed by atoms with Crippen molar-refractivity contribution in [1.29, 1.82) is 5.26 Å². The average Bonchev–Trinajstić information content (AvgIpc) is 3.78. The van der Waals surface area contributed by atoms with Gasteiger partial charge in [0.2, 0.25) is 0 Å². The number of hydrogen-bond acceptors (Lipinski definition) is 5. The Morgan fingerprint density at radius 2 is 1.12 bits per heavy atom. The first-order valence-electron chi connectivity index (χ1n) is 17.2. The number of benzene rings is 8. The Bertz CT molecular complexity index is 3260. The van der Waals surface area contributed by atoms with Crippen molar-refractivity contribution in [1.82, 2.24) is 9.97 Å². The lowest BCUT2D eigenvalue weighted by atomic mass is 9.91. The fraction of sp³-hybridized carbons (Fsp3) is 0. The maximum absolute atomic E-state index is 10.3. The van der Waals surface area contributed by atoms with Crippen LogP contribution < -0.4 is 0 Å². The van der Waals surface area contributed by atoms with Gasteiger partial charge in [0.1, 0.15) is 11.2 Å². The van der Waals surface area contributed by atoms with Gasteiger partial charge in [0.05, 0.1) is 23.0 Å². The third-order valence-electron chi connectivity index (χ3n) is 10.2. The molecule has 0 atom stereocenters. The zero-order chi connectivity index (χ0) is 34.3. The Morgan fingerprint density at radius 3 is 1.96 bits per heavy atom. The number of para-hydroxylation sites is 1. The summed E-state index contributed by atoms with van der Waals surface area (Å²) in [6.07, 6.45) is 0. The largest absolute Gasteiger partial charge is 0.456 e. The van der Waals surface area contributed by atoms with Crippen LogP contribution >= 0.6 is 11.3 Å². The summed E-state index contributed by atoms with van der Waals surface area (Å²) in [5.41, 5.74) is 8.50. The van der Waals surface area contributed by atoms with Crippen LogP contribution in [0.25, 0.3) is 109 Å². The number of hydrogen-bond donors (Lipinski definition) is 0. The van der Waals surface area contributed by atoms with Crippen LogP contribution in [0.4, 0.5) is 0 Å². The smallest absolute Gasteiger partial charge is 0.160 e. The molecule has 8 aromatic carbocycles. The highest BCUT2D eigenvalue weighted by Crippen LogP contribution is 2.47. The molecule has 11 rings (SSSR count). The van der Waals surface area contributed by atoms with E-state index >= 15 is 0 Å². The normalized spacial score (nSPS) is 11.8. The summed E-state index contributed by atoms with van der Waals surface area (Å²) in [5.74, 6) is 0.554. The van der Waals surface area contributed by atoms with E-state index in [0.717, 1.165) is 61.1 Å². The van der Waals surface area contributed by atoms with Gasteiger partial charge in [-0.05, 0) is 93.3 Å². The van der Waals surface area contributed by atoms with Crippen molar-refractivity contribution in [3.63, 3.8) is 0 Å². The first-order valence-corrected chi connectivity index (χ1v) is 18.0. The van der Waals surface area contributed by atoms with Crippen molar-refractivity contribution in [3.05, 3.63) is 157 Å². The molecular formula is C47H25N3OS. The van der Waals surface area contributed by atoms with Crippen molar-refractivity contribution in [2.45, 2.75) is 0 Å². The van der Waals surface area contributed by atoms with Gasteiger partial charge in [-0.1, -0.05) is 91.0 Å². The Kier molecular flexibility index (Phi) is 6.15. The van der Waals surface area contributed by atoms with E-state index in [4.69, 9.17) is 14.4 Å². The van der Waals surface area contributed by atoms with Crippen LogP contribution in [0.1, 0.15) is 5.56 Å². The summed E-state index contributed by atoms with van der Waals surface area (Å²) in [5, 5.41) is 20.1. The summed E-state index contributed by atoms with van der Waals surface area (Å²) in [6.45, 7) is 0. The number of nitrogens with zero attached hydrogens (tertiary/aromatic N) is 3. The molecule has 0 amide bonds. The van der Waals surface area contributed by atoms with Gasteiger partial charge in [0.25, 0.3) is 0 Å². The molecule has 0 saturated carbocycles. The predicted molar refractivity (Wildman–Crippen MR) is 215 cm³/mol. The van der Waals surface area contributed by atoms with Crippen LogP contribution in [0.15, 0.2) is 156 Å². The zero-order valence-electron chi connectivity index (χ0n) is 27.6. The summed E-state index contributed by atoms with van der Waals surface area (Å²) in [7, 11) is 0. The fourth-order valence-electron chi connectivity index (χ4n) is 7.86. The molecule has 240 valence electrons. The fourth-order valence-corrected chi connectivity index (χ4v) is 9.05. The van der Waals surface area contributed by atoms with Crippen LogP contribution in [-0.4, -0.2) is 9.97 Å². The SMILES string of the molecule is N#Cc1cc(-c2cc3sc4cccc5c6ccccc6c(c2)c3c45)cc(-c2nc(-c3ccccc3)cc(-c3ccc4c(c3)oc3ccccc34)n2)c1. The van der Waals surface area contributed by atoms with Gasteiger partial charge in [0, 0.05) is 47.6 Å². The monoisotopic (exact) mass is 679 g/mol. The molecule has 0 fully saturated rings. The van der Waals surface area contributed by atoms with E-state index in [1.54, 1.807) is 0 Å². The molecule has 3 aromatic heterocycles. The third kappa shape index (κ3) is 4.38. The van der Waals surface area contributed by atoms with E-state index in [2.05, 4.69) is 103 Å². The summed E-state index contributed by atoms with van der Waals surface area (Å²) < 4.78 is 8.77. The second kappa shape index (κ2) is 11.1. The van der Waals surface area contributed by atoms with Crippen molar-refractivity contribution in [2.75, 3.05) is 0 Å². The lowest BCUT2D eigenvalue weighted by Crippen LogP contribution is -1.97. The number of rotatable bonds is 4. The molecule has 0 aliphatic heterocycles. The summed E-state index contributed by atoms with van der Waals surface area (Å²) >= 11 is 1.82. The van der Waals surface area contributed by atoms with Gasteiger partial charge >= 0.3 is 0 Å². The molecule has 0 radical (unpaired) electrons. The van der Waals surface area contributed by atoms with Gasteiger partial charge in [-0.2, -0.15) is 5.26 Å². The number of aromatic nitrogens is 2. The molecule has 3 heterocycles. The van der Waals surface area contributed by atoms with E-state index in [-0.39, 0.29) is 0 Å². The molecule has 0 unspecified atom stereocenters. The maximum atomic E-state index is 10.3. The zero-order valence-corrected chi connectivity index (χ0v) is 28.4. The third-order valence-corrected chi connectivity index (χ3v) is 11.3. The van der Waals surface area contributed by atoms with E-state index in [1.165, 1.54) is 41.7 Å². The minimum atomic E-state index is 0.554. The summed E-state index contributed by atoms with van der Waals surface area (Å²) in [6, 6.07) is 54.8. The number of fused-ring (bicyclic) bond motifs is 6. The van der Waals surface area contributed by atoms with Crippen LogP contribution in [0, 0.1) is 11.3 Å². The molecule has 0 spiro atoms. The maximum Gasteiger partial charge on any atom is 0.160 e. The molecular weight excluding hydrogens is 655 g/mol. The molecule has 0 aliphatic carbocycles. The van der Waals surface area contributed by atoms with Crippen LogP contribution in [0.5, 0.6) is 0 Å². The molecule has 52 heavy (non-hydrogen) atoms. The van der Waals surface area contributed by atoms with Crippen LogP contribution in [-0.2, 0) is 0 Å². The molecule has 0 bridgehead atoms. The van der Waals surface area contributed by atoms with Crippen molar-refractivity contribution in [3.8, 4) is 51.1 Å². The van der Waals surface area contributed by atoms with Gasteiger partial charge in [0.15, 0.2) is 5.82 Å². The Hall–Kier alpha value is -6.87. The van der Waals surface area contributed by atoms with E-state index in [9.17, 15) is 5.26 Å². The van der Waals surface area contributed by atoms with E-state index in [1.807, 2.05) is 65.9 Å². The molecule has 5 heteroatoms. The second-order valence-corrected chi connectivity index (χ2v) is 14.4. The predicted octanol–water partition coefficient (Wildman–Crippen LogP) is 13.0. The van der Waals surface area contributed by atoms with Gasteiger partial charge < -0.3 is 4.42 Å². The highest BCUT2D eigenvalue weighted by molar-refractivity contribution is 7.26. The van der Waals surface area contributed by atoms with Gasteiger partial charge in [-0.15, -0.1) is 11.3 Å². The topological polar surface area (TPSA) is 62.7 Å². The Balaban J connectivity index is 1.12. The van der Waals surface area contributed by atoms with Crippen LogP contribution in [0.3, 0.4) is 0 Å². The highest BCUT2D eigenvalue weighted by Gasteiger charge is 2.19. The number of nitriles is 1. The minimum absolute atomic E-state index is 0.554. The molecule has 0 aliphatic rings. The second-order valence-electron chi connectivity index (χ2n) is 13.3. The van der Waals surface area contributed by atoms with Crippen molar-refractivity contribution in [2.24, 2.45) is 0 Å². The van der Waals surface area contributed by atoms with Crippen molar-refractivity contribution >= 4 is 75.0 Å². The molecule has 4 nitrogen and oxygen atoms in total. The van der Waals surface area contributed by atoms with Crippen LogP contribution in [0.2, 0.25) is 0 Å². The standard InChI is InChI=1S/C47H25N3OS/c48-26-27-19-30(31-22-38-34-12-5-4-11-33(34)37-14-8-16-43-45(37)46(38)44(24-31)52-43)21-32(20-27)47-49-39(28-9-2-1-3-10-28)25-40(50-47)29-17-18-36-35-13-6-7-15-41(35)51-42(36)23-29/h1-25H. The van der Waals surface area contributed by atoms with E-state index < -0.39 is 0 Å². The lowest BCUT2D eigenvalue weighted by Gasteiger charge is -2.13. The molecule has 11 aromatic rings.